The minimum atomic E-state index is -0.346. The van der Waals surface area contributed by atoms with E-state index in [1.807, 2.05) is 0 Å². The Balaban J connectivity index is 2.42. The zero-order valence-electron chi connectivity index (χ0n) is 7.64. The van der Waals surface area contributed by atoms with Crippen molar-refractivity contribution in [1.29, 1.82) is 0 Å². The Morgan fingerprint density at radius 3 is 2.50 bits per heavy atom. The molecule has 2 nitrogen and oxygen atoms in total. The van der Waals surface area contributed by atoms with E-state index in [0.717, 1.165) is 25.7 Å². The zero-order valence-corrected chi connectivity index (χ0v) is 7.64. The molecule has 1 saturated heterocycles. The molecule has 12 heavy (non-hydrogen) atoms. The topological polar surface area (TPSA) is 18.5 Å². The van der Waals surface area contributed by atoms with Crippen LogP contribution in [0, 0.1) is 12.3 Å². The molecule has 0 spiro atoms. The minimum Gasteiger partial charge on any atom is -0.348 e. The van der Waals surface area contributed by atoms with Gasteiger partial charge in [-0.25, -0.2) is 0 Å². The van der Waals surface area contributed by atoms with Crippen LogP contribution in [0.1, 0.15) is 32.6 Å². The van der Waals surface area contributed by atoms with Crippen LogP contribution in [0.15, 0.2) is 0 Å². The highest BCUT2D eigenvalue weighted by Gasteiger charge is 2.34. The van der Waals surface area contributed by atoms with Crippen molar-refractivity contribution >= 4 is 0 Å². The molecule has 0 aromatic heterocycles. The summed E-state index contributed by atoms with van der Waals surface area (Å²) in [6.45, 7) is 3.55. The standard InChI is InChI=1S/C10H16O2/c1-3-5-7-10(6-4-2)11-8-9-12-10/h1H,4-9H2,2H3. The van der Waals surface area contributed by atoms with Gasteiger partial charge in [-0.1, -0.05) is 13.3 Å². The van der Waals surface area contributed by atoms with Crippen LogP contribution in [-0.2, 0) is 9.47 Å². The van der Waals surface area contributed by atoms with Gasteiger partial charge in [0.15, 0.2) is 5.79 Å². The van der Waals surface area contributed by atoms with Gasteiger partial charge in [-0.3, -0.25) is 0 Å². The number of rotatable bonds is 4. The Bertz CT molecular complexity index is 163. The molecule has 1 fully saturated rings. The molecular formula is C10H16O2. The van der Waals surface area contributed by atoms with Gasteiger partial charge in [0.2, 0.25) is 0 Å². The Morgan fingerprint density at radius 1 is 1.33 bits per heavy atom. The fourth-order valence-corrected chi connectivity index (χ4v) is 1.55. The van der Waals surface area contributed by atoms with Crippen LogP contribution in [0.3, 0.4) is 0 Å². The minimum absolute atomic E-state index is 0.346. The Kier molecular flexibility index (Phi) is 3.58. The molecule has 0 radical (unpaired) electrons. The SMILES string of the molecule is C#CCCC1(CCC)OCCO1. The molecule has 0 bridgehead atoms. The third-order valence-corrected chi connectivity index (χ3v) is 2.09. The highest BCUT2D eigenvalue weighted by molar-refractivity contribution is 4.87. The summed E-state index contributed by atoms with van der Waals surface area (Å²) < 4.78 is 11.1. The van der Waals surface area contributed by atoms with E-state index in [9.17, 15) is 0 Å². The average Bonchev–Trinajstić information content (AvgIpc) is 2.51. The van der Waals surface area contributed by atoms with E-state index in [0.29, 0.717) is 13.2 Å². The smallest absolute Gasteiger partial charge is 0.169 e. The van der Waals surface area contributed by atoms with Crippen molar-refractivity contribution in [2.24, 2.45) is 0 Å². The first-order chi connectivity index (χ1) is 5.83. The van der Waals surface area contributed by atoms with Gasteiger partial charge < -0.3 is 9.47 Å². The third kappa shape index (κ3) is 2.23. The van der Waals surface area contributed by atoms with Crippen LogP contribution in [-0.4, -0.2) is 19.0 Å². The maximum Gasteiger partial charge on any atom is 0.169 e. The lowest BCUT2D eigenvalue weighted by atomic mass is 10.1. The lowest BCUT2D eigenvalue weighted by Crippen LogP contribution is -2.29. The van der Waals surface area contributed by atoms with Crippen molar-refractivity contribution < 1.29 is 9.47 Å². The summed E-state index contributed by atoms with van der Waals surface area (Å²) in [6, 6.07) is 0. The molecule has 0 aromatic carbocycles. The third-order valence-electron chi connectivity index (χ3n) is 2.09. The van der Waals surface area contributed by atoms with Crippen molar-refractivity contribution in [2.45, 2.75) is 38.4 Å². The summed E-state index contributed by atoms with van der Waals surface area (Å²) in [5.41, 5.74) is 0. The highest BCUT2D eigenvalue weighted by atomic mass is 16.7. The molecule has 1 rings (SSSR count). The average molecular weight is 168 g/mol. The van der Waals surface area contributed by atoms with Crippen LogP contribution in [0.5, 0.6) is 0 Å². The molecule has 0 atom stereocenters. The van der Waals surface area contributed by atoms with Gasteiger partial charge in [-0.2, -0.15) is 0 Å². The molecule has 0 aromatic rings. The van der Waals surface area contributed by atoms with Gasteiger partial charge in [0.25, 0.3) is 0 Å². The zero-order chi connectivity index (χ0) is 8.86. The first-order valence-corrected chi connectivity index (χ1v) is 4.54. The van der Waals surface area contributed by atoms with E-state index in [4.69, 9.17) is 15.9 Å². The molecule has 2 heteroatoms. The van der Waals surface area contributed by atoms with Crippen molar-refractivity contribution in [3.63, 3.8) is 0 Å². The highest BCUT2D eigenvalue weighted by Crippen LogP contribution is 2.29. The fourth-order valence-electron chi connectivity index (χ4n) is 1.55. The Morgan fingerprint density at radius 2 is 2.00 bits per heavy atom. The fraction of sp³-hybridized carbons (Fsp3) is 0.800. The number of terminal acetylenes is 1. The number of ether oxygens (including phenoxy) is 2. The van der Waals surface area contributed by atoms with Gasteiger partial charge in [-0.15, -0.1) is 12.3 Å². The summed E-state index contributed by atoms with van der Waals surface area (Å²) >= 11 is 0. The summed E-state index contributed by atoms with van der Waals surface area (Å²) in [6.07, 6.45) is 8.79. The molecule has 0 saturated carbocycles. The van der Waals surface area contributed by atoms with Gasteiger partial charge in [0.1, 0.15) is 0 Å². The van der Waals surface area contributed by atoms with Crippen LogP contribution in [0.2, 0.25) is 0 Å². The summed E-state index contributed by atoms with van der Waals surface area (Å²) in [7, 11) is 0. The first kappa shape index (κ1) is 9.57. The molecule has 1 aliphatic heterocycles. The maximum absolute atomic E-state index is 5.57. The van der Waals surface area contributed by atoms with E-state index in [1.165, 1.54) is 0 Å². The predicted octanol–water partition coefficient (Wildman–Crippen LogP) is 1.94. The van der Waals surface area contributed by atoms with Gasteiger partial charge in [0.05, 0.1) is 13.2 Å². The molecule has 1 aliphatic rings. The van der Waals surface area contributed by atoms with E-state index in [2.05, 4.69) is 12.8 Å². The van der Waals surface area contributed by atoms with E-state index >= 15 is 0 Å². The van der Waals surface area contributed by atoms with Crippen molar-refractivity contribution in [3.05, 3.63) is 0 Å². The molecule has 0 N–H and O–H groups in total. The van der Waals surface area contributed by atoms with Crippen LogP contribution < -0.4 is 0 Å². The second-order valence-electron chi connectivity index (χ2n) is 3.06. The monoisotopic (exact) mass is 168 g/mol. The number of hydrogen-bond acceptors (Lipinski definition) is 2. The largest absolute Gasteiger partial charge is 0.348 e. The summed E-state index contributed by atoms with van der Waals surface area (Å²) in [5, 5.41) is 0. The summed E-state index contributed by atoms with van der Waals surface area (Å²) in [4.78, 5) is 0. The van der Waals surface area contributed by atoms with Crippen molar-refractivity contribution in [2.75, 3.05) is 13.2 Å². The van der Waals surface area contributed by atoms with Crippen LogP contribution in [0.4, 0.5) is 0 Å². The van der Waals surface area contributed by atoms with Crippen LogP contribution in [0.25, 0.3) is 0 Å². The quantitative estimate of drug-likeness (QED) is 0.597. The van der Waals surface area contributed by atoms with Crippen molar-refractivity contribution in [3.8, 4) is 12.3 Å². The molecule has 1 heterocycles. The maximum atomic E-state index is 5.57. The molecular weight excluding hydrogens is 152 g/mol. The second-order valence-corrected chi connectivity index (χ2v) is 3.06. The summed E-state index contributed by atoms with van der Waals surface area (Å²) in [5.74, 6) is 2.27. The first-order valence-electron chi connectivity index (χ1n) is 4.54. The van der Waals surface area contributed by atoms with E-state index in [-0.39, 0.29) is 5.79 Å². The molecule has 68 valence electrons. The molecule has 0 aliphatic carbocycles. The molecule has 0 unspecified atom stereocenters. The normalized spacial score (nSPS) is 20.7. The van der Waals surface area contributed by atoms with Gasteiger partial charge in [-0.05, 0) is 0 Å². The molecule has 0 amide bonds. The van der Waals surface area contributed by atoms with Gasteiger partial charge in [0, 0.05) is 19.3 Å². The predicted molar refractivity (Wildman–Crippen MR) is 47.6 cm³/mol. The van der Waals surface area contributed by atoms with Gasteiger partial charge >= 0.3 is 0 Å². The Labute approximate surface area is 74.2 Å². The lowest BCUT2D eigenvalue weighted by Gasteiger charge is -2.25. The van der Waals surface area contributed by atoms with Crippen molar-refractivity contribution in [1.82, 2.24) is 0 Å². The number of hydrogen-bond donors (Lipinski definition) is 0. The van der Waals surface area contributed by atoms with E-state index in [1.54, 1.807) is 0 Å². The lowest BCUT2D eigenvalue weighted by molar-refractivity contribution is -0.165. The Hall–Kier alpha value is -0.520. The van der Waals surface area contributed by atoms with Crippen LogP contribution >= 0.6 is 0 Å². The van der Waals surface area contributed by atoms with E-state index < -0.39 is 0 Å². The second kappa shape index (κ2) is 4.49.